The van der Waals surface area contributed by atoms with Crippen LogP contribution in [-0.2, 0) is 9.84 Å². The molecular formula is C23H18Br2N2O3S. The highest BCUT2D eigenvalue weighted by atomic mass is 79.9. The second kappa shape index (κ2) is 8.98. The third-order valence-electron chi connectivity index (χ3n) is 4.71. The molecule has 3 aromatic carbocycles. The smallest absolute Gasteiger partial charge is 0.234 e. The highest BCUT2D eigenvalue weighted by Crippen LogP contribution is 2.35. The van der Waals surface area contributed by atoms with Gasteiger partial charge in [-0.15, -0.1) is 0 Å². The Labute approximate surface area is 197 Å². The quantitative estimate of drug-likeness (QED) is 0.278. The maximum atomic E-state index is 13.4. The summed E-state index contributed by atoms with van der Waals surface area (Å²) in [6.45, 7) is 1.94. The molecule has 1 atom stereocenters. The van der Waals surface area contributed by atoms with Crippen LogP contribution in [0.2, 0.25) is 0 Å². The van der Waals surface area contributed by atoms with Crippen molar-refractivity contribution >= 4 is 47.6 Å². The van der Waals surface area contributed by atoms with Crippen LogP contribution in [-0.4, -0.2) is 13.4 Å². The van der Waals surface area contributed by atoms with E-state index in [1.54, 1.807) is 12.1 Å². The zero-order valence-electron chi connectivity index (χ0n) is 16.4. The summed E-state index contributed by atoms with van der Waals surface area (Å²) in [5.74, 6) is 0.336. The summed E-state index contributed by atoms with van der Waals surface area (Å²) in [5, 5.41) is 3.05. The van der Waals surface area contributed by atoms with Crippen LogP contribution in [0.1, 0.15) is 18.5 Å². The molecule has 8 heteroatoms. The van der Waals surface area contributed by atoms with Crippen molar-refractivity contribution in [2.75, 3.05) is 5.32 Å². The number of nitrogens with zero attached hydrogens (tertiary/aromatic N) is 1. The monoisotopic (exact) mass is 560 g/mol. The molecule has 1 aromatic heterocycles. The van der Waals surface area contributed by atoms with Crippen LogP contribution in [0, 0.1) is 0 Å². The molecule has 0 amide bonds. The van der Waals surface area contributed by atoms with Gasteiger partial charge >= 0.3 is 0 Å². The largest absolute Gasteiger partial charge is 0.419 e. The number of anilines is 1. The Morgan fingerprint density at radius 1 is 0.871 bits per heavy atom. The lowest BCUT2D eigenvalue weighted by atomic mass is 10.1. The van der Waals surface area contributed by atoms with Gasteiger partial charge in [0, 0.05) is 14.5 Å². The summed E-state index contributed by atoms with van der Waals surface area (Å²) in [4.78, 5) is 4.52. The van der Waals surface area contributed by atoms with E-state index in [2.05, 4.69) is 42.2 Å². The Hall–Kier alpha value is -2.42. The molecular weight excluding hydrogens is 544 g/mol. The zero-order chi connectivity index (χ0) is 22.0. The van der Waals surface area contributed by atoms with Crippen molar-refractivity contribution in [1.82, 2.24) is 4.98 Å². The Balaban J connectivity index is 1.80. The van der Waals surface area contributed by atoms with Gasteiger partial charge in [0.2, 0.25) is 26.6 Å². The first-order valence-corrected chi connectivity index (χ1v) is 12.5. The number of oxazole rings is 1. The molecule has 1 N–H and O–H groups in total. The Kier molecular flexibility index (Phi) is 6.31. The van der Waals surface area contributed by atoms with Gasteiger partial charge in [-0.05, 0) is 61.0 Å². The van der Waals surface area contributed by atoms with Crippen molar-refractivity contribution in [3.8, 4) is 11.5 Å². The van der Waals surface area contributed by atoms with Crippen LogP contribution in [0.5, 0.6) is 0 Å². The molecule has 158 valence electrons. The molecule has 0 aliphatic carbocycles. The maximum Gasteiger partial charge on any atom is 0.234 e. The van der Waals surface area contributed by atoms with Crippen LogP contribution in [0.4, 0.5) is 5.88 Å². The molecule has 1 unspecified atom stereocenters. The normalized spacial score (nSPS) is 12.5. The van der Waals surface area contributed by atoms with E-state index in [1.807, 2.05) is 61.5 Å². The van der Waals surface area contributed by atoms with Gasteiger partial charge in [-0.25, -0.2) is 8.42 Å². The molecule has 4 aromatic rings. The molecule has 31 heavy (non-hydrogen) atoms. The van der Waals surface area contributed by atoms with Crippen molar-refractivity contribution in [3.05, 3.63) is 93.4 Å². The van der Waals surface area contributed by atoms with E-state index in [4.69, 9.17) is 4.42 Å². The molecule has 0 bridgehead atoms. The van der Waals surface area contributed by atoms with E-state index in [9.17, 15) is 8.42 Å². The number of halogens is 2. The topological polar surface area (TPSA) is 72.2 Å². The average molecular weight is 562 g/mol. The first-order valence-electron chi connectivity index (χ1n) is 9.43. The van der Waals surface area contributed by atoms with Gasteiger partial charge in [0.05, 0.1) is 10.9 Å². The molecule has 4 rings (SSSR count). The van der Waals surface area contributed by atoms with Gasteiger partial charge in [-0.3, -0.25) is 0 Å². The molecule has 0 fully saturated rings. The zero-order valence-corrected chi connectivity index (χ0v) is 20.4. The van der Waals surface area contributed by atoms with Crippen molar-refractivity contribution in [3.63, 3.8) is 0 Å². The predicted octanol–water partition coefficient (Wildman–Crippen LogP) is 6.87. The Morgan fingerprint density at radius 2 is 1.45 bits per heavy atom. The SMILES string of the molecule is CC(Nc1oc(-c2ccc(Br)cc2)nc1S(=O)(=O)c1ccc(Br)cc1)c1ccccc1. The summed E-state index contributed by atoms with van der Waals surface area (Å²) < 4.78 is 34.4. The number of hydrogen-bond donors (Lipinski definition) is 1. The van der Waals surface area contributed by atoms with E-state index in [0.29, 0.717) is 5.56 Å². The molecule has 0 aliphatic rings. The fourth-order valence-corrected chi connectivity index (χ4v) is 4.84. The van der Waals surface area contributed by atoms with Gasteiger partial charge in [-0.2, -0.15) is 4.98 Å². The second-order valence-electron chi connectivity index (χ2n) is 6.89. The Morgan fingerprint density at radius 3 is 2.06 bits per heavy atom. The molecule has 0 saturated carbocycles. The van der Waals surface area contributed by atoms with Gasteiger partial charge in [0.25, 0.3) is 0 Å². The summed E-state index contributed by atoms with van der Waals surface area (Å²) in [6, 6.07) is 23.3. The lowest BCUT2D eigenvalue weighted by Gasteiger charge is -2.14. The fraction of sp³-hybridized carbons (Fsp3) is 0.0870. The van der Waals surface area contributed by atoms with Gasteiger partial charge in [0.15, 0.2) is 0 Å². The number of hydrogen-bond acceptors (Lipinski definition) is 5. The molecule has 1 heterocycles. The van der Waals surface area contributed by atoms with E-state index in [1.165, 1.54) is 12.1 Å². The number of nitrogens with one attached hydrogen (secondary N) is 1. The third kappa shape index (κ3) is 4.76. The standard InChI is InChI=1S/C23H18Br2N2O3S/c1-15(16-5-3-2-4-6-16)26-22-23(31(28,29)20-13-11-19(25)12-14-20)27-21(30-22)17-7-9-18(24)10-8-17/h2-15,26H,1H3. The molecule has 5 nitrogen and oxygen atoms in total. The highest BCUT2D eigenvalue weighted by Gasteiger charge is 2.29. The Bertz CT molecular complexity index is 1290. The fourth-order valence-electron chi connectivity index (χ4n) is 3.04. The predicted molar refractivity (Wildman–Crippen MR) is 128 cm³/mol. The first-order chi connectivity index (χ1) is 14.8. The number of sulfone groups is 1. The van der Waals surface area contributed by atoms with Crippen LogP contribution >= 0.6 is 31.9 Å². The van der Waals surface area contributed by atoms with Gasteiger partial charge < -0.3 is 9.73 Å². The first kappa shape index (κ1) is 21.8. The van der Waals surface area contributed by atoms with Crippen molar-refractivity contribution in [2.24, 2.45) is 0 Å². The molecule has 0 radical (unpaired) electrons. The van der Waals surface area contributed by atoms with E-state index < -0.39 is 9.84 Å². The highest BCUT2D eigenvalue weighted by molar-refractivity contribution is 9.10. The number of rotatable bonds is 6. The van der Waals surface area contributed by atoms with Crippen LogP contribution in [0.15, 0.2) is 102 Å². The lowest BCUT2D eigenvalue weighted by Crippen LogP contribution is -2.10. The number of benzene rings is 3. The van der Waals surface area contributed by atoms with E-state index >= 15 is 0 Å². The van der Waals surface area contributed by atoms with Crippen LogP contribution < -0.4 is 5.32 Å². The van der Waals surface area contributed by atoms with Crippen LogP contribution in [0.25, 0.3) is 11.5 Å². The van der Waals surface area contributed by atoms with Crippen molar-refractivity contribution < 1.29 is 12.8 Å². The maximum absolute atomic E-state index is 13.4. The van der Waals surface area contributed by atoms with E-state index in [-0.39, 0.29) is 27.7 Å². The van der Waals surface area contributed by atoms with Gasteiger partial charge in [-0.1, -0.05) is 62.2 Å². The number of aromatic nitrogens is 1. The van der Waals surface area contributed by atoms with Crippen molar-refractivity contribution in [2.45, 2.75) is 22.9 Å². The molecule has 0 spiro atoms. The van der Waals surface area contributed by atoms with Crippen LogP contribution in [0.3, 0.4) is 0 Å². The third-order valence-corrected chi connectivity index (χ3v) is 7.45. The van der Waals surface area contributed by atoms with Gasteiger partial charge in [0.1, 0.15) is 0 Å². The minimum absolute atomic E-state index is 0.109. The minimum Gasteiger partial charge on any atom is -0.419 e. The minimum atomic E-state index is -3.91. The van der Waals surface area contributed by atoms with E-state index in [0.717, 1.165) is 14.5 Å². The summed E-state index contributed by atoms with van der Waals surface area (Å²) in [5.41, 5.74) is 1.67. The second-order valence-corrected chi connectivity index (χ2v) is 10.6. The summed E-state index contributed by atoms with van der Waals surface area (Å²) >= 11 is 6.74. The molecule has 0 saturated heterocycles. The summed E-state index contributed by atoms with van der Waals surface area (Å²) in [7, 11) is -3.91. The molecule has 0 aliphatic heterocycles. The van der Waals surface area contributed by atoms with Crippen molar-refractivity contribution in [1.29, 1.82) is 0 Å². The summed E-state index contributed by atoms with van der Waals surface area (Å²) in [6.07, 6.45) is 0. The lowest BCUT2D eigenvalue weighted by molar-refractivity contribution is 0.570. The average Bonchev–Trinajstić information content (AvgIpc) is 3.20.